The average molecular weight is 438 g/mol. The van der Waals surface area contributed by atoms with Gasteiger partial charge in [-0.3, -0.25) is 14.6 Å². The van der Waals surface area contributed by atoms with E-state index < -0.39 is 0 Å². The maximum Gasteiger partial charge on any atom is 0.247 e. The van der Waals surface area contributed by atoms with Crippen LogP contribution >= 0.6 is 0 Å². The number of anilines is 1. The van der Waals surface area contributed by atoms with Crippen LogP contribution in [0.1, 0.15) is 23.2 Å². The highest BCUT2D eigenvalue weighted by Gasteiger charge is 2.36. The lowest BCUT2D eigenvalue weighted by Crippen LogP contribution is -2.34. The minimum absolute atomic E-state index is 0.0466. The molecule has 0 fully saturated rings. The largest absolute Gasteiger partial charge is 0.497 e. The summed E-state index contributed by atoms with van der Waals surface area (Å²) < 4.78 is 12.7. The van der Waals surface area contributed by atoms with Gasteiger partial charge in [0, 0.05) is 34.6 Å². The first kappa shape index (κ1) is 20.9. The van der Waals surface area contributed by atoms with Crippen molar-refractivity contribution in [3.63, 3.8) is 0 Å². The van der Waals surface area contributed by atoms with Crippen LogP contribution in [-0.2, 0) is 29.7 Å². The number of fused-ring (bicyclic) bond motifs is 1. The summed E-state index contributed by atoms with van der Waals surface area (Å²) in [6, 6.07) is 6.13. The third-order valence-electron chi connectivity index (χ3n) is 6.10. The van der Waals surface area contributed by atoms with Gasteiger partial charge in [0.15, 0.2) is 0 Å². The maximum absolute atomic E-state index is 11.8. The van der Waals surface area contributed by atoms with Crippen molar-refractivity contribution in [2.24, 2.45) is 7.05 Å². The van der Waals surface area contributed by atoms with Gasteiger partial charge in [-0.15, -0.1) is 0 Å². The molecule has 1 atom stereocenters. The number of methoxy groups -OCH3 is 2. The van der Waals surface area contributed by atoms with Crippen molar-refractivity contribution < 1.29 is 14.3 Å². The summed E-state index contributed by atoms with van der Waals surface area (Å²) in [5, 5.41) is 15.1. The van der Waals surface area contributed by atoms with Gasteiger partial charge in [0.2, 0.25) is 5.91 Å². The molecule has 1 amide bonds. The summed E-state index contributed by atoms with van der Waals surface area (Å²) in [6.07, 6.45) is 5.63. The van der Waals surface area contributed by atoms with Crippen molar-refractivity contribution in [1.29, 1.82) is 0 Å². The van der Waals surface area contributed by atoms with Gasteiger partial charge in [-0.2, -0.15) is 10.2 Å². The van der Waals surface area contributed by atoms with Crippen LogP contribution < -0.4 is 14.8 Å². The number of H-pyrrole nitrogens is 1. The van der Waals surface area contributed by atoms with Gasteiger partial charge < -0.3 is 14.8 Å². The number of ether oxygens (including phenoxy) is 2. The fraction of sp³-hybridized carbons (Fsp3) is 0.318. The van der Waals surface area contributed by atoms with Crippen molar-refractivity contribution >= 4 is 21.8 Å². The first-order valence-corrected chi connectivity index (χ1v) is 11.1. The van der Waals surface area contributed by atoms with E-state index in [0.29, 0.717) is 5.69 Å². The summed E-state index contributed by atoms with van der Waals surface area (Å²) in [5.41, 5.74) is 5.79. The van der Waals surface area contributed by atoms with E-state index in [1.54, 1.807) is 25.1 Å². The quantitative estimate of drug-likeness (QED) is 0.452. The van der Waals surface area contributed by atoms with E-state index in [-0.39, 0.29) is 10.9 Å². The number of hydrogen-bond donors (Lipinski definition) is 2. The summed E-state index contributed by atoms with van der Waals surface area (Å²) >= 11 is 0. The lowest BCUT2D eigenvalue weighted by molar-refractivity contribution is -0.111. The van der Waals surface area contributed by atoms with Gasteiger partial charge in [0.1, 0.15) is 22.9 Å². The van der Waals surface area contributed by atoms with Crippen LogP contribution in [0.4, 0.5) is 5.69 Å². The smallest absolute Gasteiger partial charge is 0.247 e. The Morgan fingerprint density at radius 1 is 1.32 bits per heavy atom. The number of carbonyl (C=O) groups is 1. The molecular formula is C22H27N5O3Si. The molecule has 0 aliphatic heterocycles. The highest BCUT2D eigenvalue weighted by atomic mass is 28.1. The second-order valence-electron chi connectivity index (χ2n) is 8.09. The van der Waals surface area contributed by atoms with Crippen molar-refractivity contribution in [2.75, 3.05) is 19.5 Å². The summed E-state index contributed by atoms with van der Waals surface area (Å²) in [6.45, 7) is 3.52. The van der Waals surface area contributed by atoms with Crippen LogP contribution in [0.25, 0.3) is 11.4 Å². The minimum atomic E-state index is -0.274. The topological polar surface area (TPSA) is 94.1 Å². The fourth-order valence-corrected chi connectivity index (χ4v) is 5.18. The predicted molar refractivity (Wildman–Crippen MR) is 123 cm³/mol. The third-order valence-corrected chi connectivity index (χ3v) is 7.53. The number of hydrogen-bond acceptors (Lipinski definition) is 5. The first-order valence-electron chi connectivity index (χ1n) is 10.1. The Morgan fingerprint density at radius 2 is 2.03 bits per heavy atom. The Kier molecular flexibility index (Phi) is 5.44. The Morgan fingerprint density at radius 3 is 2.68 bits per heavy atom. The molecule has 0 spiro atoms. The number of amides is 1. The van der Waals surface area contributed by atoms with Crippen molar-refractivity contribution in [2.45, 2.75) is 24.3 Å². The molecule has 0 saturated heterocycles. The van der Waals surface area contributed by atoms with Gasteiger partial charge in [0.05, 0.1) is 26.1 Å². The number of nitrogens with one attached hydrogen (secondary N) is 2. The Labute approximate surface area is 184 Å². The second-order valence-corrected chi connectivity index (χ2v) is 10.0. The monoisotopic (exact) mass is 437 g/mol. The second kappa shape index (κ2) is 8.07. The molecule has 0 unspecified atom stereocenters. The standard InChI is InChI=1S/C22H27N5O3Si/c1-5-19(28)24-18-12-23-27(2)21(18)20-16-6-7-22(31,11-17(16)25-26-20)13-8-14(29-3)10-15(9-13)30-4/h5,8-10,12H,1,6-7,11H2,2-4,31H3,(H,24,28)(H,25,26)/t22-/m0/s1. The van der Waals surface area contributed by atoms with Gasteiger partial charge in [-0.25, -0.2) is 0 Å². The van der Waals surface area contributed by atoms with Crippen LogP contribution in [0.15, 0.2) is 37.1 Å². The fourth-order valence-electron chi connectivity index (χ4n) is 4.29. The van der Waals surface area contributed by atoms with Crippen molar-refractivity contribution in [3.8, 4) is 22.9 Å². The Balaban J connectivity index is 1.70. The molecule has 31 heavy (non-hydrogen) atoms. The molecule has 2 heterocycles. The average Bonchev–Trinajstić information content (AvgIpc) is 3.35. The van der Waals surface area contributed by atoms with E-state index in [1.807, 2.05) is 13.1 Å². The van der Waals surface area contributed by atoms with Crippen molar-refractivity contribution in [3.05, 3.63) is 53.9 Å². The zero-order valence-corrected chi connectivity index (χ0v) is 20.3. The number of aromatic amines is 1. The van der Waals surface area contributed by atoms with E-state index in [2.05, 4.69) is 39.3 Å². The van der Waals surface area contributed by atoms with Crippen molar-refractivity contribution in [1.82, 2.24) is 20.0 Å². The van der Waals surface area contributed by atoms with E-state index >= 15 is 0 Å². The van der Waals surface area contributed by atoms with Gasteiger partial charge >= 0.3 is 0 Å². The van der Waals surface area contributed by atoms with E-state index in [1.165, 1.54) is 17.2 Å². The van der Waals surface area contributed by atoms with E-state index in [4.69, 9.17) is 9.47 Å². The van der Waals surface area contributed by atoms with E-state index in [0.717, 1.165) is 58.1 Å². The van der Waals surface area contributed by atoms with Crippen LogP contribution in [-0.4, -0.2) is 50.3 Å². The van der Waals surface area contributed by atoms with Crippen LogP contribution in [0.5, 0.6) is 11.5 Å². The number of carbonyl (C=O) groups excluding carboxylic acids is 1. The molecule has 1 aliphatic rings. The zero-order chi connectivity index (χ0) is 22.2. The first-order chi connectivity index (χ1) is 14.9. The third kappa shape index (κ3) is 3.76. The molecule has 4 rings (SSSR count). The lowest BCUT2D eigenvalue weighted by atomic mass is 9.80. The van der Waals surface area contributed by atoms with Crippen LogP contribution in [0.3, 0.4) is 0 Å². The van der Waals surface area contributed by atoms with Crippen LogP contribution in [0, 0.1) is 0 Å². The maximum atomic E-state index is 11.8. The molecule has 8 nitrogen and oxygen atoms in total. The van der Waals surface area contributed by atoms with Gasteiger partial charge in [-0.1, -0.05) is 6.58 Å². The number of benzene rings is 1. The molecule has 2 N–H and O–H groups in total. The molecule has 1 aromatic carbocycles. The van der Waals surface area contributed by atoms with E-state index in [9.17, 15) is 4.79 Å². The lowest BCUT2D eigenvalue weighted by Gasteiger charge is -2.34. The summed E-state index contributed by atoms with van der Waals surface area (Å²) in [4.78, 5) is 11.8. The number of aromatic nitrogens is 4. The minimum Gasteiger partial charge on any atom is -0.497 e. The SMILES string of the molecule is C=CC(=O)Nc1cnn(C)c1-c1n[nH]c2c1CC[C@@]([SiH3])(c1cc(OC)cc(OC)c1)C2. The molecule has 3 aromatic rings. The molecule has 2 aromatic heterocycles. The zero-order valence-electron chi connectivity index (χ0n) is 18.3. The summed E-state index contributed by atoms with van der Waals surface area (Å²) in [5.74, 6) is 1.33. The van der Waals surface area contributed by atoms with Crippen LogP contribution in [0.2, 0.25) is 0 Å². The molecule has 0 radical (unpaired) electrons. The molecule has 9 heteroatoms. The number of aryl methyl sites for hydroxylation is 1. The van der Waals surface area contributed by atoms with Gasteiger partial charge in [0.25, 0.3) is 0 Å². The highest BCUT2D eigenvalue weighted by molar-refractivity contribution is 6.16. The Bertz CT molecular complexity index is 1130. The Hall–Kier alpha value is -3.33. The molecular weight excluding hydrogens is 410 g/mol. The number of nitrogens with zero attached hydrogens (tertiary/aromatic N) is 3. The predicted octanol–water partition coefficient (Wildman–Crippen LogP) is 1.70. The molecule has 0 saturated carbocycles. The molecule has 162 valence electrons. The normalized spacial score (nSPS) is 17.8. The van der Waals surface area contributed by atoms with Gasteiger partial charge in [-0.05, 0) is 48.1 Å². The molecule has 1 aliphatic carbocycles. The summed E-state index contributed by atoms with van der Waals surface area (Å²) in [7, 11) is 6.17. The number of rotatable bonds is 6. The highest BCUT2D eigenvalue weighted by Crippen LogP contribution is 2.41. The molecule has 0 bridgehead atoms.